The van der Waals surface area contributed by atoms with Gasteiger partial charge in [0.05, 0.1) is 38.5 Å². The zero-order valence-corrected chi connectivity index (χ0v) is 9.18. The predicted octanol–water partition coefficient (Wildman–Crippen LogP) is -0.832. The summed E-state index contributed by atoms with van der Waals surface area (Å²) in [7, 11) is 1.24. The van der Waals surface area contributed by atoms with E-state index in [1.165, 1.54) is 7.11 Å². The van der Waals surface area contributed by atoms with Crippen molar-refractivity contribution in [2.75, 3.05) is 20.3 Å². The van der Waals surface area contributed by atoms with Crippen molar-refractivity contribution in [1.82, 2.24) is 0 Å². The third-order valence-corrected chi connectivity index (χ3v) is 2.92. The van der Waals surface area contributed by atoms with Crippen LogP contribution in [0.3, 0.4) is 0 Å². The molecule has 1 fully saturated rings. The summed E-state index contributed by atoms with van der Waals surface area (Å²) in [5.74, 6) is -0.578. The van der Waals surface area contributed by atoms with Crippen LogP contribution in [0.15, 0.2) is 0 Å². The average molecular weight is 228 g/mol. The van der Waals surface area contributed by atoms with E-state index in [0.717, 1.165) is 0 Å². The van der Waals surface area contributed by atoms with Gasteiger partial charge >= 0.3 is 5.97 Å². The van der Waals surface area contributed by atoms with Crippen LogP contribution in [0.4, 0.5) is 0 Å². The first-order valence-electron chi connectivity index (χ1n) is 5.05. The highest BCUT2D eigenvalue weighted by atomic mass is 16.5. The zero-order chi connectivity index (χ0) is 12.2. The Labute approximate surface area is 93.9 Å². The summed E-state index contributed by atoms with van der Waals surface area (Å²) in [5, 5.41) is 18.6. The first-order chi connectivity index (χ1) is 7.58. The van der Waals surface area contributed by atoms with Gasteiger partial charge in [-0.25, -0.2) is 0 Å². The second-order valence-corrected chi connectivity index (χ2v) is 3.93. The molecule has 3 unspecified atom stereocenters. The summed E-state index contributed by atoms with van der Waals surface area (Å²) >= 11 is 0. The lowest BCUT2D eigenvalue weighted by Gasteiger charge is -2.41. The number of carbonyl (C=O) groups is 1. The van der Waals surface area contributed by atoms with Gasteiger partial charge in [0.1, 0.15) is 5.41 Å². The van der Waals surface area contributed by atoms with Gasteiger partial charge in [-0.15, -0.1) is 0 Å². The van der Waals surface area contributed by atoms with Gasteiger partial charge in [0.25, 0.3) is 0 Å². The molecule has 3 N–H and O–H groups in total. The number of methoxy groups -OCH3 is 1. The molecule has 3 atom stereocenters. The number of nitriles is 1. The number of aliphatic hydroxyl groups excluding tert-OH is 1. The summed E-state index contributed by atoms with van der Waals surface area (Å²) in [6.07, 6.45) is -0.713. The molecule has 6 heteroatoms. The van der Waals surface area contributed by atoms with E-state index in [1.54, 1.807) is 0 Å². The monoisotopic (exact) mass is 228 g/mol. The molecule has 16 heavy (non-hydrogen) atoms. The Morgan fingerprint density at radius 2 is 2.50 bits per heavy atom. The Morgan fingerprint density at radius 1 is 1.81 bits per heavy atom. The van der Waals surface area contributed by atoms with Crippen LogP contribution in [0.5, 0.6) is 0 Å². The molecule has 0 amide bonds. The largest absolute Gasteiger partial charge is 0.468 e. The molecule has 1 rings (SSSR count). The van der Waals surface area contributed by atoms with Crippen molar-refractivity contribution in [2.45, 2.75) is 25.0 Å². The molecular formula is C10H16N2O4. The first kappa shape index (κ1) is 12.9. The molecule has 90 valence electrons. The second kappa shape index (κ2) is 5.25. The first-order valence-corrected chi connectivity index (χ1v) is 5.05. The van der Waals surface area contributed by atoms with Crippen molar-refractivity contribution in [3.63, 3.8) is 0 Å². The van der Waals surface area contributed by atoms with E-state index in [9.17, 15) is 9.90 Å². The molecule has 6 nitrogen and oxygen atoms in total. The number of hydrogen-bond acceptors (Lipinski definition) is 6. The molecule has 1 aliphatic rings. The lowest BCUT2D eigenvalue weighted by atomic mass is 9.74. The van der Waals surface area contributed by atoms with Crippen molar-refractivity contribution in [3.8, 4) is 6.07 Å². The minimum absolute atomic E-state index is 0.0379. The number of hydrogen-bond donors (Lipinski definition) is 2. The van der Waals surface area contributed by atoms with Gasteiger partial charge in [-0.1, -0.05) is 0 Å². The molecule has 0 saturated carbocycles. The van der Waals surface area contributed by atoms with Crippen LogP contribution in [0.2, 0.25) is 0 Å². The standard InChI is InChI=1S/C10H16N2O4/c1-15-9(14)10(3-2-4-11)6-16-5-7(12)8(10)13/h7-8,13H,2-3,5-6,12H2,1H3. The number of esters is 1. The summed E-state index contributed by atoms with van der Waals surface area (Å²) in [5.41, 5.74) is 4.45. The summed E-state index contributed by atoms with van der Waals surface area (Å²) < 4.78 is 9.86. The van der Waals surface area contributed by atoms with Crippen LogP contribution >= 0.6 is 0 Å². The van der Waals surface area contributed by atoms with Gasteiger partial charge in [0.15, 0.2) is 0 Å². The van der Waals surface area contributed by atoms with Crippen LogP contribution in [-0.4, -0.2) is 43.5 Å². The fraction of sp³-hybridized carbons (Fsp3) is 0.800. The van der Waals surface area contributed by atoms with E-state index >= 15 is 0 Å². The fourth-order valence-corrected chi connectivity index (χ4v) is 1.95. The maximum atomic E-state index is 11.7. The Kier molecular flexibility index (Phi) is 4.24. The van der Waals surface area contributed by atoms with E-state index in [0.29, 0.717) is 0 Å². The molecular weight excluding hydrogens is 212 g/mol. The lowest BCUT2D eigenvalue weighted by Crippen LogP contribution is -2.59. The molecule has 0 aliphatic carbocycles. The van der Waals surface area contributed by atoms with Crippen molar-refractivity contribution in [1.29, 1.82) is 5.26 Å². The number of aliphatic hydroxyl groups is 1. The van der Waals surface area contributed by atoms with Crippen LogP contribution < -0.4 is 5.73 Å². The number of nitrogens with two attached hydrogens (primary N) is 1. The van der Waals surface area contributed by atoms with E-state index in [2.05, 4.69) is 4.74 Å². The molecule has 0 bridgehead atoms. The number of ether oxygens (including phenoxy) is 2. The van der Waals surface area contributed by atoms with Gasteiger partial charge in [0, 0.05) is 6.42 Å². The topological polar surface area (TPSA) is 106 Å². The highest BCUT2D eigenvalue weighted by Gasteiger charge is 2.51. The number of carbonyl (C=O) groups excluding carboxylic acids is 1. The fourth-order valence-electron chi connectivity index (χ4n) is 1.95. The third kappa shape index (κ3) is 2.16. The maximum Gasteiger partial charge on any atom is 0.316 e. The van der Waals surface area contributed by atoms with E-state index in [-0.39, 0.29) is 26.1 Å². The summed E-state index contributed by atoms with van der Waals surface area (Å²) in [6, 6.07) is 1.31. The quantitative estimate of drug-likeness (QED) is 0.611. The minimum Gasteiger partial charge on any atom is -0.468 e. The van der Waals surface area contributed by atoms with Crippen LogP contribution in [0, 0.1) is 16.7 Å². The molecule has 0 spiro atoms. The lowest BCUT2D eigenvalue weighted by molar-refractivity contribution is -0.179. The van der Waals surface area contributed by atoms with Crippen molar-refractivity contribution in [3.05, 3.63) is 0 Å². The van der Waals surface area contributed by atoms with Gasteiger partial charge < -0.3 is 20.3 Å². The number of rotatable bonds is 3. The van der Waals surface area contributed by atoms with Crippen LogP contribution in [-0.2, 0) is 14.3 Å². The molecule has 0 radical (unpaired) electrons. The summed E-state index contributed by atoms with van der Waals surface area (Å²) in [4.78, 5) is 11.7. The molecule has 0 aromatic heterocycles. The van der Waals surface area contributed by atoms with Gasteiger partial charge in [0.2, 0.25) is 0 Å². The SMILES string of the molecule is COC(=O)C1(CCC#N)COCC(N)C1O. The van der Waals surface area contributed by atoms with Crippen molar-refractivity contribution < 1.29 is 19.4 Å². The highest BCUT2D eigenvalue weighted by Crippen LogP contribution is 2.34. The molecule has 1 saturated heterocycles. The molecule has 0 aromatic rings. The Hall–Kier alpha value is -1.16. The highest BCUT2D eigenvalue weighted by molar-refractivity contribution is 5.78. The predicted molar refractivity (Wildman–Crippen MR) is 54.1 cm³/mol. The van der Waals surface area contributed by atoms with Gasteiger partial charge in [-0.2, -0.15) is 5.26 Å². The molecule has 1 heterocycles. The zero-order valence-electron chi connectivity index (χ0n) is 9.18. The Balaban J connectivity index is 2.92. The maximum absolute atomic E-state index is 11.7. The Bertz CT molecular complexity index is 302. The van der Waals surface area contributed by atoms with Crippen molar-refractivity contribution >= 4 is 5.97 Å². The van der Waals surface area contributed by atoms with Crippen molar-refractivity contribution in [2.24, 2.45) is 11.1 Å². The smallest absolute Gasteiger partial charge is 0.316 e. The molecule has 1 aliphatic heterocycles. The average Bonchev–Trinajstić information content (AvgIpc) is 2.30. The third-order valence-electron chi connectivity index (χ3n) is 2.92. The van der Waals surface area contributed by atoms with Crippen LogP contribution in [0.1, 0.15) is 12.8 Å². The minimum atomic E-state index is -1.21. The summed E-state index contributed by atoms with van der Waals surface area (Å²) in [6.45, 7) is 0.239. The van der Waals surface area contributed by atoms with Gasteiger partial charge in [-0.3, -0.25) is 4.79 Å². The Morgan fingerprint density at radius 3 is 3.06 bits per heavy atom. The van der Waals surface area contributed by atoms with E-state index in [4.69, 9.17) is 15.7 Å². The van der Waals surface area contributed by atoms with Gasteiger partial charge in [-0.05, 0) is 6.42 Å². The second-order valence-electron chi connectivity index (χ2n) is 3.93. The number of nitrogens with zero attached hydrogens (tertiary/aromatic N) is 1. The van der Waals surface area contributed by atoms with Crippen LogP contribution in [0.25, 0.3) is 0 Å². The molecule has 0 aromatic carbocycles. The van der Waals surface area contributed by atoms with E-state index < -0.39 is 23.5 Å². The van der Waals surface area contributed by atoms with E-state index in [1.807, 2.05) is 6.07 Å². The normalized spacial score (nSPS) is 34.1.